The Morgan fingerprint density at radius 3 is 2.25 bits per heavy atom. The van der Waals surface area contributed by atoms with Gasteiger partial charge in [0.15, 0.2) is 11.5 Å². The highest BCUT2D eigenvalue weighted by Gasteiger charge is 2.09. The summed E-state index contributed by atoms with van der Waals surface area (Å²) in [6.45, 7) is 4.84. The summed E-state index contributed by atoms with van der Waals surface area (Å²) >= 11 is 0. The molecule has 2 aromatic rings. The van der Waals surface area contributed by atoms with Crippen LogP contribution >= 0.6 is 0 Å². The quantitative estimate of drug-likeness (QED) is 0.897. The van der Waals surface area contributed by atoms with Gasteiger partial charge in [0.05, 0.1) is 13.2 Å². The predicted octanol–water partition coefficient (Wildman–Crippen LogP) is 4.00. The molecular weight excluding hydrogens is 259 g/mol. The molecule has 3 nitrogen and oxygen atoms in total. The van der Waals surface area contributed by atoms with Gasteiger partial charge in [-0.3, -0.25) is 0 Å². The molecule has 0 unspecified atom stereocenters. The zero-order valence-electron chi connectivity index (χ0n) is 11.5. The molecule has 0 heterocycles. The van der Waals surface area contributed by atoms with E-state index in [0.717, 1.165) is 11.6 Å². The third-order valence-corrected chi connectivity index (χ3v) is 2.76. The second-order valence-corrected chi connectivity index (χ2v) is 4.23. The molecule has 0 aromatic heterocycles. The maximum absolute atomic E-state index is 13.3. The van der Waals surface area contributed by atoms with E-state index in [1.54, 1.807) is 12.1 Å². The van der Waals surface area contributed by atoms with E-state index in [4.69, 9.17) is 9.47 Å². The average molecular weight is 276 g/mol. The summed E-state index contributed by atoms with van der Waals surface area (Å²) < 4.78 is 24.4. The molecule has 20 heavy (non-hydrogen) atoms. The Morgan fingerprint density at radius 2 is 1.60 bits per heavy atom. The number of hydrogen-bond donors (Lipinski definition) is 1. The largest absolute Gasteiger partial charge is 0.508 e. The van der Waals surface area contributed by atoms with Crippen LogP contribution in [0.4, 0.5) is 4.39 Å². The van der Waals surface area contributed by atoms with Crippen LogP contribution in [0.25, 0.3) is 11.1 Å². The molecule has 0 amide bonds. The van der Waals surface area contributed by atoms with Gasteiger partial charge in [-0.2, -0.15) is 0 Å². The van der Waals surface area contributed by atoms with Gasteiger partial charge in [-0.1, -0.05) is 6.07 Å². The molecule has 106 valence electrons. The van der Waals surface area contributed by atoms with Gasteiger partial charge in [0.25, 0.3) is 0 Å². The summed E-state index contributed by atoms with van der Waals surface area (Å²) in [4.78, 5) is 0. The summed E-state index contributed by atoms with van der Waals surface area (Å²) in [5, 5.41) is 9.47. The molecule has 0 atom stereocenters. The van der Waals surface area contributed by atoms with Crippen molar-refractivity contribution in [1.82, 2.24) is 0 Å². The number of phenolic OH excluding ortho intramolecular Hbond substituents is 1. The first-order valence-electron chi connectivity index (χ1n) is 6.53. The number of ether oxygens (including phenoxy) is 2. The van der Waals surface area contributed by atoms with Gasteiger partial charge < -0.3 is 14.6 Å². The Labute approximate surface area is 117 Å². The van der Waals surface area contributed by atoms with Crippen LogP contribution in [0.5, 0.6) is 17.2 Å². The zero-order valence-corrected chi connectivity index (χ0v) is 11.5. The SMILES string of the molecule is CCOc1ccc(-c2cc(O)cc(F)c2)cc1OCC. The predicted molar refractivity (Wildman–Crippen MR) is 75.8 cm³/mol. The van der Waals surface area contributed by atoms with Crippen molar-refractivity contribution in [2.75, 3.05) is 13.2 Å². The molecule has 0 fully saturated rings. The van der Waals surface area contributed by atoms with E-state index in [2.05, 4.69) is 0 Å². The van der Waals surface area contributed by atoms with Crippen LogP contribution in [0.1, 0.15) is 13.8 Å². The first kappa shape index (κ1) is 14.2. The van der Waals surface area contributed by atoms with Gasteiger partial charge >= 0.3 is 0 Å². The van der Waals surface area contributed by atoms with E-state index in [1.807, 2.05) is 19.9 Å². The van der Waals surface area contributed by atoms with Gasteiger partial charge in [0.1, 0.15) is 11.6 Å². The van der Waals surface area contributed by atoms with Crippen LogP contribution in [0.2, 0.25) is 0 Å². The molecule has 4 heteroatoms. The van der Waals surface area contributed by atoms with E-state index in [1.165, 1.54) is 12.1 Å². The number of aromatic hydroxyl groups is 1. The van der Waals surface area contributed by atoms with Crippen molar-refractivity contribution in [3.63, 3.8) is 0 Å². The lowest BCUT2D eigenvalue weighted by molar-refractivity contribution is 0.288. The number of hydrogen-bond acceptors (Lipinski definition) is 3. The second kappa shape index (κ2) is 6.28. The van der Waals surface area contributed by atoms with E-state index >= 15 is 0 Å². The second-order valence-electron chi connectivity index (χ2n) is 4.23. The highest BCUT2D eigenvalue weighted by atomic mass is 19.1. The smallest absolute Gasteiger partial charge is 0.161 e. The number of rotatable bonds is 5. The lowest BCUT2D eigenvalue weighted by Crippen LogP contribution is -1.98. The fourth-order valence-electron chi connectivity index (χ4n) is 1.97. The van der Waals surface area contributed by atoms with Crippen molar-refractivity contribution in [1.29, 1.82) is 0 Å². The van der Waals surface area contributed by atoms with E-state index in [-0.39, 0.29) is 5.75 Å². The van der Waals surface area contributed by atoms with E-state index in [9.17, 15) is 9.50 Å². The molecule has 0 aliphatic carbocycles. The summed E-state index contributed by atoms with van der Waals surface area (Å²) in [5.74, 6) is 0.674. The lowest BCUT2D eigenvalue weighted by atomic mass is 10.0. The lowest BCUT2D eigenvalue weighted by Gasteiger charge is -2.12. The number of halogens is 1. The molecule has 2 rings (SSSR count). The topological polar surface area (TPSA) is 38.7 Å². The molecule has 0 saturated carbocycles. The molecule has 0 saturated heterocycles. The maximum Gasteiger partial charge on any atom is 0.161 e. The monoisotopic (exact) mass is 276 g/mol. The highest BCUT2D eigenvalue weighted by Crippen LogP contribution is 2.34. The Balaban J connectivity index is 2.43. The third kappa shape index (κ3) is 3.20. The summed E-state index contributed by atoms with van der Waals surface area (Å²) in [6, 6.07) is 9.32. The van der Waals surface area contributed by atoms with Gasteiger partial charge in [-0.15, -0.1) is 0 Å². The molecule has 0 spiro atoms. The Morgan fingerprint density at radius 1 is 0.900 bits per heavy atom. The minimum Gasteiger partial charge on any atom is -0.508 e. The van der Waals surface area contributed by atoms with Crippen molar-refractivity contribution < 1.29 is 19.0 Å². The van der Waals surface area contributed by atoms with Crippen LogP contribution in [-0.4, -0.2) is 18.3 Å². The number of phenols is 1. The van der Waals surface area contributed by atoms with Crippen molar-refractivity contribution in [2.45, 2.75) is 13.8 Å². The summed E-state index contributed by atoms with van der Waals surface area (Å²) in [7, 11) is 0. The van der Waals surface area contributed by atoms with Crippen molar-refractivity contribution in [3.05, 3.63) is 42.2 Å². The van der Waals surface area contributed by atoms with Gasteiger partial charge in [-0.25, -0.2) is 4.39 Å². The molecule has 0 radical (unpaired) electrons. The summed E-state index contributed by atoms with van der Waals surface area (Å²) in [5.41, 5.74) is 1.35. The highest BCUT2D eigenvalue weighted by molar-refractivity contribution is 5.68. The average Bonchev–Trinajstić information content (AvgIpc) is 2.40. The van der Waals surface area contributed by atoms with E-state index < -0.39 is 5.82 Å². The number of benzene rings is 2. The molecule has 1 N–H and O–H groups in total. The minimum atomic E-state index is -0.480. The van der Waals surface area contributed by atoms with Crippen LogP contribution < -0.4 is 9.47 Å². The Bertz CT molecular complexity index is 576. The minimum absolute atomic E-state index is 0.105. The molecule has 0 bridgehead atoms. The van der Waals surface area contributed by atoms with Crippen molar-refractivity contribution >= 4 is 0 Å². The standard InChI is InChI=1S/C16H17FO3/c1-3-19-15-6-5-11(9-16(15)20-4-2)12-7-13(17)10-14(18)8-12/h5-10,18H,3-4H2,1-2H3. The summed E-state index contributed by atoms with van der Waals surface area (Å²) in [6.07, 6.45) is 0. The van der Waals surface area contributed by atoms with Crippen LogP contribution in [0.15, 0.2) is 36.4 Å². The fraction of sp³-hybridized carbons (Fsp3) is 0.250. The fourth-order valence-corrected chi connectivity index (χ4v) is 1.97. The molecule has 2 aromatic carbocycles. The van der Waals surface area contributed by atoms with Gasteiger partial charge in [-0.05, 0) is 49.2 Å². The molecule has 0 aliphatic heterocycles. The third-order valence-electron chi connectivity index (χ3n) is 2.76. The first-order valence-corrected chi connectivity index (χ1v) is 6.53. The van der Waals surface area contributed by atoms with Crippen molar-refractivity contribution in [2.24, 2.45) is 0 Å². The Hall–Kier alpha value is -2.23. The van der Waals surface area contributed by atoms with E-state index in [0.29, 0.717) is 30.3 Å². The van der Waals surface area contributed by atoms with Crippen LogP contribution in [0, 0.1) is 5.82 Å². The molecule has 0 aliphatic rings. The normalized spacial score (nSPS) is 10.3. The van der Waals surface area contributed by atoms with Crippen LogP contribution in [-0.2, 0) is 0 Å². The Kier molecular flexibility index (Phi) is 4.45. The molecular formula is C16H17FO3. The maximum atomic E-state index is 13.3. The first-order chi connectivity index (χ1) is 9.63. The zero-order chi connectivity index (χ0) is 14.5. The van der Waals surface area contributed by atoms with Crippen molar-refractivity contribution in [3.8, 4) is 28.4 Å². The van der Waals surface area contributed by atoms with Gasteiger partial charge in [0.2, 0.25) is 0 Å². The van der Waals surface area contributed by atoms with Gasteiger partial charge in [0, 0.05) is 6.07 Å². The van der Waals surface area contributed by atoms with Crippen LogP contribution in [0.3, 0.4) is 0 Å².